The van der Waals surface area contributed by atoms with Gasteiger partial charge in [0, 0.05) is 25.0 Å². The molecule has 0 unspecified atom stereocenters. The maximum absolute atomic E-state index is 12.6. The van der Waals surface area contributed by atoms with Crippen LogP contribution >= 0.6 is 11.3 Å². The highest BCUT2D eigenvalue weighted by atomic mass is 32.1. The van der Waals surface area contributed by atoms with Gasteiger partial charge in [0.2, 0.25) is 0 Å². The molecule has 4 nitrogen and oxygen atoms in total. The molecule has 2 aliphatic heterocycles. The van der Waals surface area contributed by atoms with Crippen molar-refractivity contribution >= 4 is 17.2 Å². The molecule has 0 aromatic carbocycles. The molecule has 1 amide bonds. The number of likely N-dealkylation sites (tertiary alicyclic amines) is 1. The number of carbonyl (C=O) groups excluding carboxylic acids is 1. The molecule has 1 aliphatic carbocycles. The topological polar surface area (TPSA) is 38.8 Å². The standard InChI is InChI=1S/C17H23NO3S/c19-16(14-4-7-22-11-14)18-6-1-5-17(12-18)8-15(10-21-17)20-9-13-2-3-13/h4,7,11,13,15H,1-3,5-6,8-10,12H2/t15-,17-/m0/s1. The van der Waals surface area contributed by atoms with Gasteiger partial charge < -0.3 is 14.4 Å². The van der Waals surface area contributed by atoms with Gasteiger partial charge >= 0.3 is 0 Å². The average molecular weight is 321 g/mol. The van der Waals surface area contributed by atoms with Crippen LogP contribution in [0.4, 0.5) is 0 Å². The van der Waals surface area contributed by atoms with Gasteiger partial charge in [-0.15, -0.1) is 0 Å². The van der Waals surface area contributed by atoms with Crippen LogP contribution in [0, 0.1) is 5.92 Å². The molecule has 1 aromatic rings. The van der Waals surface area contributed by atoms with Crippen molar-refractivity contribution in [2.24, 2.45) is 5.92 Å². The molecule has 2 atom stereocenters. The van der Waals surface area contributed by atoms with Crippen molar-refractivity contribution in [2.45, 2.75) is 43.8 Å². The van der Waals surface area contributed by atoms with Crippen molar-refractivity contribution < 1.29 is 14.3 Å². The van der Waals surface area contributed by atoms with E-state index in [4.69, 9.17) is 9.47 Å². The summed E-state index contributed by atoms with van der Waals surface area (Å²) in [5, 5.41) is 3.89. The van der Waals surface area contributed by atoms with Crippen LogP contribution in [-0.4, -0.2) is 48.8 Å². The van der Waals surface area contributed by atoms with Gasteiger partial charge in [-0.1, -0.05) is 0 Å². The SMILES string of the molecule is O=C(c1ccsc1)N1CCC[C@]2(C[C@H](OCC3CC3)CO2)C1. The molecule has 22 heavy (non-hydrogen) atoms. The molecule has 1 spiro atoms. The van der Waals surface area contributed by atoms with Crippen molar-refractivity contribution in [3.63, 3.8) is 0 Å². The molecule has 4 rings (SSSR count). The number of hydrogen-bond acceptors (Lipinski definition) is 4. The maximum Gasteiger partial charge on any atom is 0.254 e. The third-order valence-corrected chi connectivity index (χ3v) is 5.72. The highest BCUT2D eigenvalue weighted by Gasteiger charge is 2.45. The lowest BCUT2D eigenvalue weighted by Gasteiger charge is -2.39. The van der Waals surface area contributed by atoms with E-state index in [0.717, 1.165) is 43.9 Å². The summed E-state index contributed by atoms with van der Waals surface area (Å²) in [6.45, 7) is 3.13. The average Bonchev–Trinajstić information content (AvgIpc) is 3.05. The van der Waals surface area contributed by atoms with E-state index < -0.39 is 0 Å². The Hall–Kier alpha value is -0.910. The first-order valence-corrected chi connectivity index (χ1v) is 9.25. The molecule has 3 heterocycles. The van der Waals surface area contributed by atoms with Gasteiger partial charge in [0.25, 0.3) is 5.91 Å². The summed E-state index contributed by atoms with van der Waals surface area (Å²) in [5.74, 6) is 0.936. The van der Waals surface area contributed by atoms with E-state index in [9.17, 15) is 4.79 Å². The molecule has 1 aromatic heterocycles. The fraction of sp³-hybridized carbons (Fsp3) is 0.706. The van der Waals surface area contributed by atoms with Crippen LogP contribution in [0.5, 0.6) is 0 Å². The van der Waals surface area contributed by atoms with Crippen LogP contribution in [0.2, 0.25) is 0 Å². The number of hydrogen-bond donors (Lipinski definition) is 0. The van der Waals surface area contributed by atoms with E-state index in [-0.39, 0.29) is 17.6 Å². The van der Waals surface area contributed by atoms with Crippen LogP contribution < -0.4 is 0 Å². The predicted octanol–water partition coefficient (Wildman–Crippen LogP) is 2.94. The predicted molar refractivity (Wildman–Crippen MR) is 85.2 cm³/mol. The number of thiophene rings is 1. The third-order valence-electron chi connectivity index (χ3n) is 5.03. The monoisotopic (exact) mass is 321 g/mol. The van der Waals surface area contributed by atoms with Gasteiger partial charge in [-0.2, -0.15) is 11.3 Å². The number of piperidine rings is 1. The van der Waals surface area contributed by atoms with Gasteiger partial charge in [0.05, 0.1) is 30.4 Å². The van der Waals surface area contributed by atoms with Crippen LogP contribution in [-0.2, 0) is 9.47 Å². The van der Waals surface area contributed by atoms with Crippen LogP contribution in [0.25, 0.3) is 0 Å². The Balaban J connectivity index is 1.37. The molecule has 120 valence electrons. The number of nitrogens with zero attached hydrogens (tertiary/aromatic N) is 1. The van der Waals surface area contributed by atoms with Gasteiger partial charge in [-0.25, -0.2) is 0 Å². The first kappa shape index (κ1) is 14.7. The van der Waals surface area contributed by atoms with E-state index in [1.54, 1.807) is 11.3 Å². The Labute approximate surface area is 135 Å². The molecule has 3 aliphatic rings. The maximum atomic E-state index is 12.6. The molecule has 3 fully saturated rings. The lowest BCUT2D eigenvalue weighted by atomic mass is 9.89. The van der Waals surface area contributed by atoms with E-state index in [1.165, 1.54) is 12.8 Å². The molecule has 0 radical (unpaired) electrons. The second-order valence-electron chi connectivity index (χ2n) is 6.94. The molecule has 1 saturated carbocycles. The first-order valence-electron chi connectivity index (χ1n) is 8.31. The van der Waals surface area contributed by atoms with E-state index in [1.807, 2.05) is 21.7 Å². The molecular formula is C17H23NO3S. The van der Waals surface area contributed by atoms with Crippen molar-refractivity contribution in [1.29, 1.82) is 0 Å². The van der Waals surface area contributed by atoms with Crippen molar-refractivity contribution in [3.8, 4) is 0 Å². The van der Waals surface area contributed by atoms with Crippen LogP contribution in [0.1, 0.15) is 42.5 Å². The Bertz CT molecular complexity index is 528. The lowest BCUT2D eigenvalue weighted by Crippen LogP contribution is -2.50. The number of carbonyl (C=O) groups is 1. The van der Waals surface area contributed by atoms with Gasteiger partial charge in [-0.3, -0.25) is 4.79 Å². The molecule has 5 heteroatoms. The zero-order valence-corrected chi connectivity index (χ0v) is 13.6. The first-order chi connectivity index (χ1) is 10.7. The quantitative estimate of drug-likeness (QED) is 0.856. The highest BCUT2D eigenvalue weighted by molar-refractivity contribution is 7.08. The summed E-state index contributed by atoms with van der Waals surface area (Å²) in [5.41, 5.74) is 0.639. The highest BCUT2D eigenvalue weighted by Crippen LogP contribution is 2.37. The molecule has 0 N–H and O–H groups in total. The molecule has 0 bridgehead atoms. The Kier molecular flexibility index (Phi) is 3.96. The largest absolute Gasteiger partial charge is 0.375 e. The molecular weight excluding hydrogens is 298 g/mol. The number of rotatable bonds is 4. The summed E-state index contributed by atoms with van der Waals surface area (Å²) in [7, 11) is 0. The normalized spacial score (nSPS) is 31.8. The van der Waals surface area contributed by atoms with E-state index in [2.05, 4.69) is 0 Å². The van der Waals surface area contributed by atoms with Gasteiger partial charge in [0.1, 0.15) is 0 Å². The second-order valence-corrected chi connectivity index (χ2v) is 7.72. The van der Waals surface area contributed by atoms with E-state index >= 15 is 0 Å². The minimum Gasteiger partial charge on any atom is -0.375 e. The number of amides is 1. The molecule has 2 saturated heterocycles. The minimum atomic E-state index is -0.169. The fourth-order valence-corrected chi connectivity index (χ4v) is 4.22. The summed E-state index contributed by atoms with van der Waals surface area (Å²) in [4.78, 5) is 14.5. The number of ether oxygens (including phenoxy) is 2. The third kappa shape index (κ3) is 3.07. The van der Waals surface area contributed by atoms with Crippen molar-refractivity contribution in [1.82, 2.24) is 4.90 Å². The Morgan fingerprint density at radius 2 is 2.41 bits per heavy atom. The summed E-state index contributed by atoms with van der Waals surface area (Å²) in [6, 6.07) is 1.91. The van der Waals surface area contributed by atoms with E-state index in [0.29, 0.717) is 13.2 Å². The smallest absolute Gasteiger partial charge is 0.254 e. The minimum absolute atomic E-state index is 0.145. The Morgan fingerprint density at radius 1 is 1.50 bits per heavy atom. The summed E-state index contributed by atoms with van der Waals surface area (Å²) < 4.78 is 12.1. The zero-order valence-electron chi connectivity index (χ0n) is 12.8. The van der Waals surface area contributed by atoms with Crippen LogP contribution in [0.3, 0.4) is 0 Å². The lowest BCUT2D eigenvalue weighted by molar-refractivity contribution is -0.0464. The van der Waals surface area contributed by atoms with Gasteiger partial charge in [-0.05, 0) is 43.0 Å². The second kappa shape index (κ2) is 5.95. The zero-order chi connectivity index (χ0) is 15.0. The fourth-order valence-electron chi connectivity index (χ4n) is 3.59. The summed E-state index contributed by atoms with van der Waals surface area (Å²) >= 11 is 1.57. The van der Waals surface area contributed by atoms with Crippen molar-refractivity contribution in [3.05, 3.63) is 22.4 Å². The summed E-state index contributed by atoms with van der Waals surface area (Å²) in [6.07, 6.45) is 5.86. The van der Waals surface area contributed by atoms with Gasteiger partial charge in [0.15, 0.2) is 0 Å². The Morgan fingerprint density at radius 3 is 3.18 bits per heavy atom. The van der Waals surface area contributed by atoms with Crippen LogP contribution in [0.15, 0.2) is 16.8 Å². The van der Waals surface area contributed by atoms with Crippen molar-refractivity contribution in [2.75, 3.05) is 26.3 Å².